The SMILES string of the molecule is COc1ccc(-c2c(C)c3cc(OC(=O)C(Cl)c4ccccc4)ccc3oc2=O)cc1. The highest BCUT2D eigenvalue weighted by molar-refractivity contribution is 6.30. The molecule has 0 saturated carbocycles. The predicted octanol–water partition coefficient (Wildman–Crippen LogP) is 5.66. The van der Waals surface area contributed by atoms with E-state index in [0.29, 0.717) is 39.2 Å². The molecular weight excluding hydrogens is 416 g/mol. The maximum absolute atomic E-state index is 12.6. The second-order valence-electron chi connectivity index (χ2n) is 6.97. The highest BCUT2D eigenvalue weighted by atomic mass is 35.5. The van der Waals surface area contributed by atoms with Crippen LogP contribution in [0.5, 0.6) is 11.5 Å². The van der Waals surface area contributed by atoms with E-state index in [9.17, 15) is 9.59 Å². The predicted molar refractivity (Wildman–Crippen MR) is 120 cm³/mol. The van der Waals surface area contributed by atoms with E-state index in [1.54, 1.807) is 73.8 Å². The second-order valence-corrected chi connectivity index (χ2v) is 7.41. The molecule has 0 spiro atoms. The minimum absolute atomic E-state index is 0.316. The molecule has 0 fully saturated rings. The molecule has 0 saturated heterocycles. The van der Waals surface area contributed by atoms with Crippen LogP contribution in [0.3, 0.4) is 0 Å². The van der Waals surface area contributed by atoms with E-state index in [1.807, 2.05) is 13.0 Å². The molecule has 1 aromatic heterocycles. The molecule has 1 heterocycles. The Labute approximate surface area is 183 Å². The molecule has 5 nitrogen and oxygen atoms in total. The van der Waals surface area contributed by atoms with Gasteiger partial charge in [-0.2, -0.15) is 0 Å². The Morgan fingerprint density at radius 1 is 0.968 bits per heavy atom. The van der Waals surface area contributed by atoms with Crippen molar-refractivity contribution in [2.24, 2.45) is 0 Å². The van der Waals surface area contributed by atoms with Gasteiger partial charge in [0.05, 0.1) is 12.7 Å². The molecular formula is C25H19ClO5. The Balaban J connectivity index is 1.69. The molecule has 0 amide bonds. The van der Waals surface area contributed by atoms with Gasteiger partial charge in [0.1, 0.15) is 17.1 Å². The fourth-order valence-corrected chi connectivity index (χ4v) is 3.60. The standard InChI is InChI=1S/C25H19ClO5/c1-15-20-14-19(30-25(28)23(26)17-6-4-3-5-7-17)12-13-21(20)31-24(27)22(15)16-8-10-18(29-2)11-9-16/h3-14,23H,1-2H3. The van der Waals surface area contributed by atoms with Crippen molar-refractivity contribution in [1.82, 2.24) is 0 Å². The third-order valence-electron chi connectivity index (χ3n) is 5.03. The second kappa shape index (κ2) is 8.66. The largest absolute Gasteiger partial charge is 0.497 e. The molecule has 1 unspecified atom stereocenters. The number of carbonyl (C=O) groups is 1. The Kier molecular flexibility index (Phi) is 5.78. The lowest BCUT2D eigenvalue weighted by Crippen LogP contribution is -2.14. The molecule has 0 aliphatic rings. The number of hydrogen-bond acceptors (Lipinski definition) is 5. The maximum atomic E-state index is 12.6. The van der Waals surface area contributed by atoms with Crippen LogP contribution in [0.4, 0.5) is 0 Å². The van der Waals surface area contributed by atoms with Crippen LogP contribution in [0.2, 0.25) is 0 Å². The fourth-order valence-electron chi connectivity index (χ4n) is 3.41. The average Bonchev–Trinajstić information content (AvgIpc) is 2.80. The molecule has 3 aromatic carbocycles. The number of esters is 1. The lowest BCUT2D eigenvalue weighted by molar-refractivity contribution is -0.134. The van der Waals surface area contributed by atoms with Crippen molar-refractivity contribution in [3.8, 4) is 22.6 Å². The van der Waals surface area contributed by atoms with Gasteiger partial charge in [0.25, 0.3) is 0 Å². The van der Waals surface area contributed by atoms with Crippen molar-refractivity contribution in [2.45, 2.75) is 12.3 Å². The number of fused-ring (bicyclic) bond motifs is 1. The van der Waals surface area contributed by atoms with Crippen molar-refractivity contribution in [2.75, 3.05) is 7.11 Å². The van der Waals surface area contributed by atoms with Crippen LogP contribution in [0.1, 0.15) is 16.5 Å². The van der Waals surface area contributed by atoms with Crippen LogP contribution in [-0.2, 0) is 4.79 Å². The zero-order valence-corrected chi connectivity index (χ0v) is 17.7. The Morgan fingerprint density at radius 2 is 1.65 bits per heavy atom. The number of alkyl halides is 1. The van der Waals surface area contributed by atoms with E-state index in [1.165, 1.54) is 0 Å². The maximum Gasteiger partial charge on any atom is 0.344 e. The Bertz CT molecular complexity index is 1290. The van der Waals surface area contributed by atoms with Gasteiger partial charge in [0, 0.05) is 5.39 Å². The van der Waals surface area contributed by atoms with Crippen molar-refractivity contribution >= 4 is 28.5 Å². The summed E-state index contributed by atoms with van der Waals surface area (Å²) in [7, 11) is 1.58. The first-order chi connectivity index (χ1) is 15.0. The average molecular weight is 435 g/mol. The van der Waals surface area contributed by atoms with Crippen molar-refractivity contribution < 1.29 is 18.7 Å². The van der Waals surface area contributed by atoms with Gasteiger partial charge in [-0.1, -0.05) is 42.5 Å². The topological polar surface area (TPSA) is 65.7 Å². The number of methoxy groups -OCH3 is 1. The van der Waals surface area contributed by atoms with Crippen LogP contribution >= 0.6 is 11.6 Å². The highest BCUT2D eigenvalue weighted by Gasteiger charge is 2.21. The zero-order valence-electron chi connectivity index (χ0n) is 16.9. The molecule has 0 N–H and O–H groups in total. The molecule has 0 bridgehead atoms. The summed E-state index contributed by atoms with van der Waals surface area (Å²) in [5.74, 6) is 0.421. The van der Waals surface area contributed by atoms with E-state index in [2.05, 4.69) is 0 Å². The van der Waals surface area contributed by atoms with Crippen LogP contribution in [0.15, 0.2) is 82.0 Å². The van der Waals surface area contributed by atoms with Gasteiger partial charge in [-0.15, -0.1) is 11.6 Å². The molecule has 0 aliphatic carbocycles. The van der Waals surface area contributed by atoms with Crippen LogP contribution in [0.25, 0.3) is 22.1 Å². The zero-order chi connectivity index (χ0) is 22.0. The molecule has 0 radical (unpaired) electrons. The smallest absolute Gasteiger partial charge is 0.344 e. The third kappa shape index (κ3) is 4.18. The van der Waals surface area contributed by atoms with Gasteiger partial charge >= 0.3 is 11.6 Å². The van der Waals surface area contributed by atoms with Gasteiger partial charge in [-0.05, 0) is 53.9 Å². The van der Waals surface area contributed by atoms with Gasteiger partial charge in [-0.25, -0.2) is 9.59 Å². The summed E-state index contributed by atoms with van der Waals surface area (Å²) in [5, 5.41) is -0.261. The minimum atomic E-state index is -0.929. The fraction of sp³-hybridized carbons (Fsp3) is 0.120. The van der Waals surface area contributed by atoms with Crippen LogP contribution < -0.4 is 15.1 Å². The molecule has 31 heavy (non-hydrogen) atoms. The summed E-state index contributed by atoms with van der Waals surface area (Å²) in [4.78, 5) is 25.1. The summed E-state index contributed by atoms with van der Waals surface area (Å²) >= 11 is 6.26. The first kappa shape index (κ1) is 20.7. The van der Waals surface area contributed by atoms with Crippen molar-refractivity contribution in [3.05, 3.63) is 94.3 Å². The normalized spacial score (nSPS) is 11.8. The third-order valence-corrected chi connectivity index (χ3v) is 5.46. The van der Waals surface area contributed by atoms with Crippen molar-refractivity contribution in [1.29, 1.82) is 0 Å². The van der Waals surface area contributed by atoms with E-state index in [0.717, 1.165) is 5.56 Å². The van der Waals surface area contributed by atoms with E-state index in [4.69, 9.17) is 25.5 Å². The number of aryl methyl sites for hydroxylation is 1. The summed E-state index contributed by atoms with van der Waals surface area (Å²) in [6.45, 7) is 1.83. The lowest BCUT2D eigenvalue weighted by Gasteiger charge is -2.12. The summed E-state index contributed by atoms with van der Waals surface area (Å²) in [6.07, 6.45) is 0. The molecule has 1 atom stereocenters. The van der Waals surface area contributed by atoms with Crippen LogP contribution in [0, 0.1) is 6.92 Å². The molecule has 156 valence electrons. The first-order valence-electron chi connectivity index (χ1n) is 9.60. The number of carbonyl (C=O) groups excluding carboxylic acids is 1. The highest BCUT2D eigenvalue weighted by Crippen LogP contribution is 2.31. The minimum Gasteiger partial charge on any atom is -0.497 e. The van der Waals surface area contributed by atoms with Crippen molar-refractivity contribution in [3.63, 3.8) is 0 Å². The van der Waals surface area contributed by atoms with Gasteiger partial charge in [0.2, 0.25) is 0 Å². The molecule has 6 heteroatoms. The van der Waals surface area contributed by atoms with E-state index in [-0.39, 0.29) is 0 Å². The monoisotopic (exact) mass is 434 g/mol. The van der Waals surface area contributed by atoms with Gasteiger partial charge < -0.3 is 13.9 Å². The van der Waals surface area contributed by atoms with Crippen LogP contribution in [-0.4, -0.2) is 13.1 Å². The summed E-state index contributed by atoms with van der Waals surface area (Å²) < 4.78 is 16.2. The molecule has 4 rings (SSSR count). The number of benzene rings is 3. The van der Waals surface area contributed by atoms with E-state index >= 15 is 0 Å². The number of ether oxygens (including phenoxy) is 2. The summed E-state index contributed by atoms with van der Waals surface area (Å²) in [6, 6.07) is 21.0. The molecule has 4 aromatic rings. The van der Waals surface area contributed by atoms with E-state index < -0.39 is 17.0 Å². The first-order valence-corrected chi connectivity index (χ1v) is 10.0. The number of halogens is 1. The molecule has 0 aliphatic heterocycles. The van der Waals surface area contributed by atoms with Gasteiger partial charge in [0.15, 0.2) is 5.38 Å². The quantitative estimate of drug-likeness (QED) is 0.175. The lowest BCUT2D eigenvalue weighted by atomic mass is 9.99. The van der Waals surface area contributed by atoms with Gasteiger partial charge in [-0.3, -0.25) is 0 Å². The number of hydrogen-bond donors (Lipinski definition) is 0. The Morgan fingerprint density at radius 3 is 2.32 bits per heavy atom. The summed E-state index contributed by atoms with van der Waals surface area (Å²) in [5.41, 5.74) is 2.49. The Hall–Kier alpha value is -3.57. The number of rotatable bonds is 5.